The number of benzene rings is 2. The van der Waals surface area contributed by atoms with Crippen molar-refractivity contribution in [2.75, 3.05) is 0 Å². The van der Waals surface area contributed by atoms with Gasteiger partial charge >= 0.3 is 5.97 Å². The molecule has 0 saturated heterocycles. The Kier molecular flexibility index (Phi) is 4.05. The van der Waals surface area contributed by atoms with Gasteiger partial charge in [-0.15, -0.1) is 0 Å². The molecule has 0 aliphatic carbocycles. The lowest BCUT2D eigenvalue weighted by Gasteiger charge is -2.07. The number of non-ortho nitro benzene ring substituents is 1. The lowest BCUT2D eigenvalue weighted by molar-refractivity contribution is -0.384. The first kappa shape index (κ1) is 14.1. The van der Waals surface area contributed by atoms with E-state index in [2.05, 4.69) is 0 Å². The van der Waals surface area contributed by atoms with Gasteiger partial charge in [0.25, 0.3) is 5.69 Å². The fraction of sp³-hybridized carbons (Fsp3) is 0.0714. The number of nitrogens with zero attached hydrogens (tertiary/aromatic N) is 1. The summed E-state index contributed by atoms with van der Waals surface area (Å²) < 4.78 is 0. The first-order valence-electron chi connectivity index (χ1n) is 5.73. The van der Waals surface area contributed by atoms with E-state index in [0.717, 1.165) is 10.5 Å². The Hall–Kier alpha value is -2.34. The molecular formula is C14H11NO4S. The summed E-state index contributed by atoms with van der Waals surface area (Å²) in [7, 11) is 0. The molecular weight excluding hydrogens is 278 g/mol. The van der Waals surface area contributed by atoms with E-state index in [-0.39, 0.29) is 11.3 Å². The van der Waals surface area contributed by atoms with Gasteiger partial charge in [-0.2, -0.15) is 0 Å². The minimum atomic E-state index is -0.991. The standard InChI is InChI=1S/C14H11NO4S/c1-9-2-7-12(14(16)17)13(8-9)20-11-5-3-10(4-6-11)15(18)19/h2-8H,1H3,(H,16,17). The number of aromatic carboxylic acids is 1. The van der Waals surface area contributed by atoms with Crippen molar-refractivity contribution in [3.05, 3.63) is 63.7 Å². The van der Waals surface area contributed by atoms with Crippen LogP contribution in [0.4, 0.5) is 5.69 Å². The van der Waals surface area contributed by atoms with Crippen molar-refractivity contribution in [2.45, 2.75) is 16.7 Å². The maximum absolute atomic E-state index is 11.2. The fourth-order valence-corrected chi connectivity index (χ4v) is 2.69. The number of carboxylic acids is 1. The third-order valence-corrected chi connectivity index (χ3v) is 3.71. The molecule has 0 heterocycles. The molecule has 0 atom stereocenters. The minimum absolute atomic E-state index is 0.0112. The second kappa shape index (κ2) is 5.75. The first-order chi connectivity index (χ1) is 9.47. The maximum Gasteiger partial charge on any atom is 0.336 e. The lowest BCUT2D eigenvalue weighted by Crippen LogP contribution is -1.98. The second-order valence-corrected chi connectivity index (χ2v) is 5.27. The summed E-state index contributed by atoms with van der Waals surface area (Å²) in [4.78, 5) is 22.6. The lowest BCUT2D eigenvalue weighted by atomic mass is 10.1. The van der Waals surface area contributed by atoms with Crippen LogP contribution in [0.5, 0.6) is 0 Å². The summed E-state index contributed by atoms with van der Waals surface area (Å²) in [5, 5.41) is 19.7. The Morgan fingerprint density at radius 1 is 1.20 bits per heavy atom. The monoisotopic (exact) mass is 289 g/mol. The summed E-state index contributed by atoms with van der Waals surface area (Å²) in [5.41, 5.74) is 1.19. The Bertz CT molecular complexity index is 667. The molecule has 5 nitrogen and oxygen atoms in total. The molecule has 0 amide bonds. The van der Waals surface area contributed by atoms with E-state index in [1.165, 1.54) is 23.9 Å². The van der Waals surface area contributed by atoms with Crippen LogP contribution in [0.15, 0.2) is 52.3 Å². The molecule has 2 aromatic carbocycles. The molecule has 0 fully saturated rings. The van der Waals surface area contributed by atoms with Crippen LogP contribution in [-0.2, 0) is 0 Å². The van der Waals surface area contributed by atoms with Gasteiger partial charge in [-0.25, -0.2) is 4.79 Å². The number of carbonyl (C=O) groups is 1. The largest absolute Gasteiger partial charge is 0.478 e. The Morgan fingerprint density at radius 3 is 2.40 bits per heavy atom. The van der Waals surface area contributed by atoms with Crippen LogP contribution < -0.4 is 0 Å². The molecule has 0 spiro atoms. The van der Waals surface area contributed by atoms with E-state index in [4.69, 9.17) is 5.11 Å². The van der Waals surface area contributed by atoms with E-state index >= 15 is 0 Å². The Labute approximate surface area is 119 Å². The topological polar surface area (TPSA) is 80.4 Å². The maximum atomic E-state index is 11.2. The number of rotatable bonds is 4. The molecule has 0 bridgehead atoms. The van der Waals surface area contributed by atoms with Crippen LogP contribution in [0, 0.1) is 17.0 Å². The van der Waals surface area contributed by atoms with Gasteiger partial charge in [0.2, 0.25) is 0 Å². The summed E-state index contributed by atoms with van der Waals surface area (Å²) in [6.45, 7) is 1.88. The molecule has 1 N–H and O–H groups in total. The van der Waals surface area contributed by atoms with Crippen molar-refractivity contribution in [3.63, 3.8) is 0 Å². The zero-order chi connectivity index (χ0) is 14.7. The van der Waals surface area contributed by atoms with Crippen LogP contribution in [0.3, 0.4) is 0 Å². The molecule has 0 aliphatic rings. The smallest absolute Gasteiger partial charge is 0.336 e. The van der Waals surface area contributed by atoms with E-state index in [0.29, 0.717) is 4.90 Å². The highest BCUT2D eigenvalue weighted by Crippen LogP contribution is 2.32. The average Bonchev–Trinajstić information content (AvgIpc) is 2.39. The van der Waals surface area contributed by atoms with E-state index in [1.54, 1.807) is 30.3 Å². The molecule has 0 aromatic heterocycles. The second-order valence-electron chi connectivity index (χ2n) is 4.16. The summed E-state index contributed by atoms with van der Waals surface area (Å²) >= 11 is 1.27. The molecule has 6 heteroatoms. The van der Waals surface area contributed by atoms with Gasteiger partial charge in [0.05, 0.1) is 10.5 Å². The number of hydrogen-bond donors (Lipinski definition) is 1. The van der Waals surface area contributed by atoms with Gasteiger partial charge in [0, 0.05) is 21.9 Å². The third-order valence-electron chi connectivity index (χ3n) is 2.64. The van der Waals surface area contributed by atoms with E-state index in [9.17, 15) is 14.9 Å². The van der Waals surface area contributed by atoms with Crippen molar-refractivity contribution in [2.24, 2.45) is 0 Å². The average molecular weight is 289 g/mol. The van der Waals surface area contributed by atoms with Crippen molar-refractivity contribution < 1.29 is 14.8 Å². The van der Waals surface area contributed by atoms with Gasteiger partial charge in [0.15, 0.2) is 0 Å². The zero-order valence-electron chi connectivity index (χ0n) is 10.6. The number of aryl methyl sites for hydroxylation is 1. The van der Waals surface area contributed by atoms with E-state index < -0.39 is 10.9 Å². The number of nitro groups is 1. The summed E-state index contributed by atoms with van der Waals surface area (Å²) in [6.07, 6.45) is 0. The highest BCUT2D eigenvalue weighted by atomic mass is 32.2. The first-order valence-corrected chi connectivity index (χ1v) is 6.55. The van der Waals surface area contributed by atoms with Gasteiger partial charge in [-0.3, -0.25) is 10.1 Å². The minimum Gasteiger partial charge on any atom is -0.478 e. The van der Waals surface area contributed by atoms with Crippen molar-refractivity contribution in [3.8, 4) is 0 Å². The van der Waals surface area contributed by atoms with Crippen LogP contribution in [0.1, 0.15) is 15.9 Å². The van der Waals surface area contributed by atoms with Crippen molar-refractivity contribution in [1.82, 2.24) is 0 Å². The van der Waals surface area contributed by atoms with Gasteiger partial charge in [-0.05, 0) is 36.8 Å². The molecule has 0 unspecified atom stereocenters. The van der Waals surface area contributed by atoms with Gasteiger partial charge in [0.1, 0.15) is 0 Å². The Balaban J connectivity index is 2.31. The summed E-state index contributed by atoms with van der Waals surface area (Å²) in [6, 6.07) is 11.1. The fourth-order valence-electron chi connectivity index (χ4n) is 1.65. The zero-order valence-corrected chi connectivity index (χ0v) is 11.4. The molecule has 0 saturated carbocycles. The molecule has 0 aliphatic heterocycles. The molecule has 102 valence electrons. The Morgan fingerprint density at radius 2 is 1.85 bits per heavy atom. The highest BCUT2D eigenvalue weighted by molar-refractivity contribution is 7.99. The highest BCUT2D eigenvalue weighted by Gasteiger charge is 2.12. The van der Waals surface area contributed by atoms with Crippen LogP contribution in [0.25, 0.3) is 0 Å². The predicted octanol–water partition coefficient (Wildman–Crippen LogP) is 3.75. The van der Waals surface area contributed by atoms with Crippen LogP contribution in [0.2, 0.25) is 0 Å². The van der Waals surface area contributed by atoms with Gasteiger partial charge in [-0.1, -0.05) is 17.8 Å². The third kappa shape index (κ3) is 3.16. The quantitative estimate of drug-likeness (QED) is 0.684. The molecule has 2 aromatic rings. The number of hydrogen-bond acceptors (Lipinski definition) is 4. The van der Waals surface area contributed by atoms with Gasteiger partial charge < -0.3 is 5.11 Å². The molecule has 0 radical (unpaired) electrons. The van der Waals surface area contributed by atoms with Crippen molar-refractivity contribution in [1.29, 1.82) is 0 Å². The normalized spacial score (nSPS) is 10.2. The molecule has 20 heavy (non-hydrogen) atoms. The van der Waals surface area contributed by atoms with Crippen molar-refractivity contribution >= 4 is 23.4 Å². The number of nitro benzene ring substituents is 1. The van der Waals surface area contributed by atoms with E-state index in [1.807, 2.05) is 6.92 Å². The van der Waals surface area contributed by atoms with Crippen LogP contribution >= 0.6 is 11.8 Å². The number of carboxylic acid groups (broad SMARTS) is 1. The predicted molar refractivity (Wildman–Crippen MR) is 75.4 cm³/mol. The molecule has 2 rings (SSSR count). The SMILES string of the molecule is Cc1ccc(C(=O)O)c(Sc2ccc([N+](=O)[O-])cc2)c1. The van der Waals surface area contributed by atoms with Crippen LogP contribution in [-0.4, -0.2) is 16.0 Å². The summed E-state index contributed by atoms with van der Waals surface area (Å²) in [5.74, 6) is -0.991.